The molecule has 3 heteroatoms. The Bertz CT molecular complexity index is 265. The van der Waals surface area contributed by atoms with Crippen LogP contribution in [0.25, 0.3) is 0 Å². The molecule has 0 radical (unpaired) electrons. The third kappa shape index (κ3) is 1.47. The average molecular weight is 296 g/mol. The first-order valence-corrected chi connectivity index (χ1v) is 6.54. The molecule has 1 aliphatic rings. The first kappa shape index (κ1) is 8.38. The van der Waals surface area contributed by atoms with E-state index < -0.39 is 0 Å². The maximum Gasteiger partial charge on any atom is 0.0554 e. The first-order valence-electron chi connectivity index (χ1n) is 3.60. The number of halogens is 1. The molecule has 0 spiro atoms. The Labute approximate surface area is 88.9 Å². The lowest BCUT2D eigenvalue weighted by atomic mass is 10.1. The van der Waals surface area contributed by atoms with Crippen LogP contribution >= 0.6 is 45.7 Å². The molecule has 1 aliphatic heterocycles. The SMILES string of the molecule is CC1(I)CCSc2ccsc21. The topological polar surface area (TPSA) is 0 Å². The van der Waals surface area contributed by atoms with Crippen molar-refractivity contribution in [3.8, 4) is 0 Å². The number of thiophene rings is 1. The van der Waals surface area contributed by atoms with Crippen molar-refractivity contribution < 1.29 is 0 Å². The molecule has 0 saturated heterocycles. The van der Waals surface area contributed by atoms with Crippen molar-refractivity contribution in [2.75, 3.05) is 5.75 Å². The molecule has 60 valence electrons. The van der Waals surface area contributed by atoms with E-state index in [1.54, 1.807) is 4.88 Å². The van der Waals surface area contributed by atoms with Gasteiger partial charge in [0.25, 0.3) is 0 Å². The zero-order valence-electron chi connectivity index (χ0n) is 6.26. The maximum absolute atomic E-state index is 2.58. The smallest absolute Gasteiger partial charge is 0.0554 e. The van der Waals surface area contributed by atoms with E-state index in [-0.39, 0.29) is 0 Å². The Morgan fingerprint density at radius 2 is 2.45 bits per heavy atom. The van der Waals surface area contributed by atoms with Crippen LogP contribution in [-0.2, 0) is 3.42 Å². The van der Waals surface area contributed by atoms with Gasteiger partial charge in [-0.25, -0.2) is 0 Å². The minimum atomic E-state index is 0.409. The summed E-state index contributed by atoms with van der Waals surface area (Å²) in [4.78, 5) is 3.09. The van der Waals surface area contributed by atoms with Gasteiger partial charge in [-0.05, 0) is 30.5 Å². The van der Waals surface area contributed by atoms with E-state index in [0.29, 0.717) is 3.42 Å². The van der Waals surface area contributed by atoms with E-state index in [2.05, 4.69) is 41.0 Å². The maximum atomic E-state index is 2.58. The summed E-state index contributed by atoms with van der Waals surface area (Å²) in [6.45, 7) is 2.34. The van der Waals surface area contributed by atoms with Crippen LogP contribution in [0.15, 0.2) is 16.3 Å². The van der Waals surface area contributed by atoms with Gasteiger partial charge in [-0.2, -0.15) is 0 Å². The van der Waals surface area contributed by atoms with Gasteiger partial charge < -0.3 is 0 Å². The van der Waals surface area contributed by atoms with Crippen LogP contribution in [0.2, 0.25) is 0 Å². The standard InChI is InChI=1S/C8H9IS2/c1-8(9)3-5-10-6-2-4-11-7(6)8/h2,4H,3,5H2,1H3. The molecule has 11 heavy (non-hydrogen) atoms. The van der Waals surface area contributed by atoms with Crippen LogP contribution < -0.4 is 0 Å². The monoisotopic (exact) mass is 296 g/mol. The van der Waals surface area contributed by atoms with Gasteiger partial charge in [0, 0.05) is 9.77 Å². The highest BCUT2D eigenvalue weighted by Gasteiger charge is 2.30. The molecular weight excluding hydrogens is 287 g/mol. The van der Waals surface area contributed by atoms with E-state index in [1.807, 2.05) is 23.1 Å². The molecule has 1 atom stereocenters. The van der Waals surface area contributed by atoms with Crippen molar-refractivity contribution in [2.45, 2.75) is 21.7 Å². The number of alkyl halides is 1. The molecule has 0 fully saturated rings. The molecule has 0 amide bonds. The van der Waals surface area contributed by atoms with Crippen molar-refractivity contribution in [1.82, 2.24) is 0 Å². The summed E-state index contributed by atoms with van der Waals surface area (Å²) >= 11 is 6.48. The van der Waals surface area contributed by atoms with Crippen LogP contribution in [0.1, 0.15) is 18.2 Å². The fourth-order valence-electron chi connectivity index (χ4n) is 1.26. The summed E-state index contributed by atoms with van der Waals surface area (Å²) in [6.07, 6.45) is 1.31. The lowest BCUT2D eigenvalue weighted by Crippen LogP contribution is -2.16. The second kappa shape index (κ2) is 2.92. The average Bonchev–Trinajstić information content (AvgIpc) is 2.34. The van der Waals surface area contributed by atoms with E-state index in [4.69, 9.17) is 0 Å². The van der Waals surface area contributed by atoms with E-state index in [0.717, 1.165) is 0 Å². The zero-order chi connectivity index (χ0) is 7.90. The number of hydrogen-bond acceptors (Lipinski definition) is 2. The van der Waals surface area contributed by atoms with Crippen molar-refractivity contribution in [3.63, 3.8) is 0 Å². The third-order valence-corrected chi connectivity index (χ3v) is 5.74. The molecule has 0 saturated carbocycles. The molecule has 0 nitrogen and oxygen atoms in total. The Balaban J connectivity index is 2.48. The second-order valence-corrected chi connectivity index (χ2v) is 7.34. The summed E-state index contributed by atoms with van der Waals surface area (Å²) in [6, 6.07) is 2.25. The van der Waals surface area contributed by atoms with Gasteiger partial charge in [0.2, 0.25) is 0 Å². The summed E-state index contributed by atoms with van der Waals surface area (Å²) in [5.41, 5.74) is 0. The molecule has 0 bridgehead atoms. The van der Waals surface area contributed by atoms with Gasteiger partial charge in [0.1, 0.15) is 0 Å². The highest BCUT2D eigenvalue weighted by Crippen LogP contribution is 2.48. The van der Waals surface area contributed by atoms with Crippen molar-refractivity contribution in [3.05, 3.63) is 16.3 Å². The van der Waals surface area contributed by atoms with Gasteiger partial charge in [-0.3, -0.25) is 0 Å². The molecule has 0 aliphatic carbocycles. The molecule has 1 unspecified atom stereocenters. The van der Waals surface area contributed by atoms with Crippen molar-refractivity contribution in [2.24, 2.45) is 0 Å². The molecule has 2 heterocycles. The van der Waals surface area contributed by atoms with Gasteiger partial charge >= 0.3 is 0 Å². The minimum absolute atomic E-state index is 0.409. The highest BCUT2D eigenvalue weighted by molar-refractivity contribution is 14.1. The van der Waals surface area contributed by atoms with Crippen molar-refractivity contribution in [1.29, 1.82) is 0 Å². The number of hydrogen-bond donors (Lipinski definition) is 0. The largest absolute Gasteiger partial charge is 0.146 e. The van der Waals surface area contributed by atoms with Crippen molar-refractivity contribution >= 4 is 45.7 Å². The highest BCUT2D eigenvalue weighted by atomic mass is 127. The predicted molar refractivity (Wildman–Crippen MR) is 61.0 cm³/mol. The normalized spacial score (nSPS) is 30.0. The van der Waals surface area contributed by atoms with Crippen LogP contribution in [0.4, 0.5) is 0 Å². The summed E-state index contributed by atoms with van der Waals surface area (Å²) in [7, 11) is 0. The summed E-state index contributed by atoms with van der Waals surface area (Å²) in [5.74, 6) is 1.28. The Morgan fingerprint density at radius 1 is 1.64 bits per heavy atom. The summed E-state index contributed by atoms with van der Waals surface area (Å²) < 4.78 is 0.409. The fraction of sp³-hybridized carbons (Fsp3) is 0.500. The number of rotatable bonds is 0. The molecule has 0 aromatic carbocycles. The minimum Gasteiger partial charge on any atom is -0.146 e. The molecule has 0 N–H and O–H groups in total. The van der Waals surface area contributed by atoms with Crippen LogP contribution in [0.5, 0.6) is 0 Å². The lowest BCUT2D eigenvalue weighted by Gasteiger charge is -2.26. The van der Waals surface area contributed by atoms with Crippen LogP contribution in [0.3, 0.4) is 0 Å². The molecular formula is C8H9IS2. The second-order valence-electron chi connectivity index (χ2n) is 2.91. The van der Waals surface area contributed by atoms with Crippen LogP contribution in [0, 0.1) is 0 Å². The lowest BCUT2D eigenvalue weighted by molar-refractivity contribution is 0.698. The van der Waals surface area contributed by atoms with Gasteiger partial charge in [-0.15, -0.1) is 23.1 Å². The van der Waals surface area contributed by atoms with Gasteiger partial charge in [0.15, 0.2) is 0 Å². The Kier molecular flexibility index (Phi) is 2.23. The van der Waals surface area contributed by atoms with Gasteiger partial charge in [0.05, 0.1) is 3.42 Å². The quantitative estimate of drug-likeness (QED) is 0.517. The first-order chi connectivity index (χ1) is 5.20. The number of thioether (sulfide) groups is 1. The predicted octanol–water partition coefficient (Wildman–Crippen LogP) is 3.89. The third-order valence-electron chi connectivity index (χ3n) is 1.93. The van der Waals surface area contributed by atoms with Gasteiger partial charge in [-0.1, -0.05) is 22.6 Å². The summed E-state index contributed by atoms with van der Waals surface area (Å²) in [5, 5.41) is 2.21. The van der Waals surface area contributed by atoms with E-state index in [9.17, 15) is 0 Å². The molecule has 2 rings (SSSR count). The fourth-order valence-corrected chi connectivity index (χ4v) is 5.28. The van der Waals surface area contributed by atoms with Crippen LogP contribution in [-0.4, -0.2) is 5.75 Å². The Morgan fingerprint density at radius 3 is 3.18 bits per heavy atom. The van der Waals surface area contributed by atoms with E-state index in [1.165, 1.54) is 17.1 Å². The Hall–Kier alpha value is 0.780. The molecule has 1 aromatic rings. The van der Waals surface area contributed by atoms with E-state index >= 15 is 0 Å². The molecule has 1 aromatic heterocycles. The number of fused-ring (bicyclic) bond motifs is 1. The zero-order valence-corrected chi connectivity index (χ0v) is 10.1.